The first kappa shape index (κ1) is 17.9. The van der Waals surface area contributed by atoms with Crippen LogP contribution in [0.2, 0.25) is 0 Å². The number of anilines is 1. The highest BCUT2D eigenvalue weighted by atomic mass is 32.2. The molecule has 2 aliphatic rings. The Bertz CT molecular complexity index is 965. The highest BCUT2D eigenvalue weighted by molar-refractivity contribution is 7.89. The summed E-state index contributed by atoms with van der Waals surface area (Å²) < 4.78 is 40.6. The van der Waals surface area contributed by atoms with E-state index in [0.717, 1.165) is 19.0 Å². The molecular weight excluding hydrogens is 371 g/mol. The number of hydrogen-bond donors (Lipinski definition) is 2. The van der Waals surface area contributed by atoms with Gasteiger partial charge in [-0.3, -0.25) is 9.78 Å². The minimum absolute atomic E-state index is 0.115. The lowest BCUT2D eigenvalue weighted by atomic mass is 9.98. The molecule has 1 amide bonds. The Balaban J connectivity index is 1.62. The van der Waals surface area contributed by atoms with Crippen molar-refractivity contribution in [1.29, 1.82) is 0 Å². The third-order valence-corrected chi connectivity index (χ3v) is 6.35. The Morgan fingerprint density at radius 2 is 2.00 bits per heavy atom. The number of hydrogen-bond acceptors (Lipinski definition) is 5. The zero-order chi connectivity index (χ0) is 19.0. The number of aromatic nitrogens is 1. The standard InChI is InChI=1S/C18H19FN4O3S/c19-12-8-9-13(20-11-12)15-6-3-4-10-23(15)18(24)17-21-14-5-1-2-7-16(14)27(25,26)22-17/h1-2,5,7-9,11,15,17,21-22H,3-4,6,10H2. The van der Waals surface area contributed by atoms with E-state index in [1.807, 2.05) is 0 Å². The molecule has 0 radical (unpaired) electrons. The molecule has 7 nitrogen and oxygen atoms in total. The van der Waals surface area contributed by atoms with E-state index in [1.165, 1.54) is 12.1 Å². The molecule has 3 heterocycles. The summed E-state index contributed by atoms with van der Waals surface area (Å²) in [6.07, 6.45) is 2.47. The smallest absolute Gasteiger partial charge is 0.261 e. The summed E-state index contributed by atoms with van der Waals surface area (Å²) in [6.45, 7) is 0.490. The van der Waals surface area contributed by atoms with Crippen LogP contribution in [0.1, 0.15) is 31.0 Å². The van der Waals surface area contributed by atoms with Crippen LogP contribution in [-0.4, -0.2) is 36.9 Å². The quantitative estimate of drug-likeness (QED) is 0.819. The maximum atomic E-state index is 13.2. The second-order valence-electron chi connectivity index (χ2n) is 6.64. The van der Waals surface area contributed by atoms with E-state index >= 15 is 0 Å². The number of piperidine rings is 1. The number of carbonyl (C=O) groups excluding carboxylic acids is 1. The topological polar surface area (TPSA) is 91.4 Å². The monoisotopic (exact) mass is 390 g/mol. The normalized spacial score (nSPS) is 24.0. The van der Waals surface area contributed by atoms with Gasteiger partial charge in [0.05, 0.1) is 23.6 Å². The number of pyridine rings is 1. The van der Waals surface area contributed by atoms with Gasteiger partial charge < -0.3 is 10.2 Å². The Morgan fingerprint density at radius 3 is 2.78 bits per heavy atom. The first-order chi connectivity index (χ1) is 13.0. The molecule has 2 aromatic rings. The fraction of sp³-hybridized carbons (Fsp3) is 0.333. The molecule has 1 fully saturated rings. The number of carbonyl (C=O) groups is 1. The second-order valence-corrected chi connectivity index (χ2v) is 8.32. The van der Waals surface area contributed by atoms with E-state index in [4.69, 9.17) is 0 Å². The molecule has 0 spiro atoms. The Hall–Kier alpha value is -2.52. The van der Waals surface area contributed by atoms with Crippen LogP contribution < -0.4 is 10.0 Å². The Morgan fingerprint density at radius 1 is 1.19 bits per heavy atom. The molecule has 0 aliphatic carbocycles. The Kier molecular flexibility index (Phi) is 4.56. The number of para-hydroxylation sites is 1. The van der Waals surface area contributed by atoms with Gasteiger partial charge in [-0.25, -0.2) is 12.8 Å². The van der Waals surface area contributed by atoms with Gasteiger partial charge >= 0.3 is 0 Å². The van der Waals surface area contributed by atoms with Crippen LogP contribution in [0, 0.1) is 5.82 Å². The molecule has 142 valence electrons. The molecule has 9 heteroatoms. The molecular formula is C18H19FN4O3S. The first-order valence-electron chi connectivity index (χ1n) is 8.75. The van der Waals surface area contributed by atoms with Gasteiger partial charge in [-0.2, -0.15) is 4.72 Å². The molecule has 2 atom stereocenters. The number of halogens is 1. The molecule has 0 saturated carbocycles. The van der Waals surface area contributed by atoms with Crippen molar-refractivity contribution in [3.8, 4) is 0 Å². The third kappa shape index (κ3) is 3.40. The lowest BCUT2D eigenvalue weighted by Crippen LogP contribution is -2.56. The van der Waals surface area contributed by atoms with Crippen molar-refractivity contribution in [3.63, 3.8) is 0 Å². The predicted octanol–water partition coefficient (Wildman–Crippen LogP) is 2.00. The van der Waals surface area contributed by atoms with E-state index in [-0.39, 0.29) is 16.8 Å². The van der Waals surface area contributed by atoms with E-state index in [1.54, 1.807) is 29.2 Å². The van der Waals surface area contributed by atoms with E-state index in [2.05, 4.69) is 15.0 Å². The van der Waals surface area contributed by atoms with E-state index in [0.29, 0.717) is 24.3 Å². The summed E-state index contributed by atoms with van der Waals surface area (Å²) in [5.74, 6) is -0.811. The van der Waals surface area contributed by atoms with Crippen LogP contribution in [0.4, 0.5) is 10.1 Å². The molecule has 1 saturated heterocycles. The number of benzene rings is 1. The molecule has 27 heavy (non-hydrogen) atoms. The number of rotatable bonds is 2. The third-order valence-electron chi connectivity index (χ3n) is 4.87. The van der Waals surface area contributed by atoms with Crippen LogP contribution in [0.15, 0.2) is 47.5 Å². The zero-order valence-electron chi connectivity index (χ0n) is 14.4. The van der Waals surface area contributed by atoms with Crippen molar-refractivity contribution in [2.24, 2.45) is 0 Å². The van der Waals surface area contributed by atoms with Crippen molar-refractivity contribution < 1.29 is 17.6 Å². The van der Waals surface area contributed by atoms with Gasteiger partial charge in [0, 0.05) is 6.54 Å². The van der Waals surface area contributed by atoms with Crippen LogP contribution in [0.25, 0.3) is 0 Å². The number of likely N-dealkylation sites (tertiary alicyclic amines) is 1. The zero-order valence-corrected chi connectivity index (χ0v) is 15.2. The number of fused-ring (bicyclic) bond motifs is 1. The van der Waals surface area contributed by atoms with Crippen molar-refractivity contribution >= 4 is 21.6 Å². The minimum atomic E-state index is -3.79. The van der Waals surface area contributed by atoms with E-state index in [9.17, 15) is 17.6 Å². The summed E-state index contributed by atoms with van der Waals surface area (Å²) in [7, 11) is -3.79. The van der Waals surface area contributed by atoms with Gasteiger partial charge in [0.1, 0.15) is 10.7 Å². The van der Waals surface area contributed by atoms with Gasteiger partial charge in [-0.05, 0) is 43.5 Å². The van der Waals surface area contributed by atoms with Crippen molar-refractivity contribution in [3.05, 3.63) is 54.1 Å². The van der Waals surface area contributed by atoms with Gasteiger partial charge in [-0.1, -0.05) is 12.1 Å². The van der Waals surface area contributed by atoms with Crippen LogP contribution in [-0.2, 0) is 14.8 Å². The molecule has 4 rings (SSSR count). The summed E-state index contributed by atoms with van der Waals surface area (Å²) in [5, 5.41) is 2.97. The summed E-state index contributed by atoms with van der Waals surface area (Å²) in [5.41, 5.74) is 0.992. The second kappa shape index (κ2) is 6.90. The Labute approximate surface area is 156 Å². The maximum Gasteiger partial charge on any atom is 0.261 e. The molecule has 1 aromatic heterocycles. The minimum Gasteiger partial charge on any atom is -0.360 e. The lowest BCUT2D eigenvalue weighted by Gasteiger charge is -2.38. The lowest BCUT2D eigenvalue weighted by molar-refractivity contribution is -0.136. The molecule has 1 aromatic carbocycles. The van der Waals surface area contributed by atoms with Crippen molar-refractivity contribution in [2.45, 2.75) is 36.4 Å². The predicted molar refractivity (Wildman–Crippen MR) is 96.7 cm³/mol. The molecule has 2 aliphatic heterocycles. The summed E-state index contributed by atoms with van der Waals surface area (Å²) in [6, 6.07) is 9.02. The fourth-order valence-electron chi connectivity index (χ4n) is 3.59. The molecule has 0 bridgehead atoms. The van der Waals surface area contributed by atoms with Crippen molar-refractivity contribution in [2.75, 3.05) is 11.9 Å². The number of amides is 1. The number of nitrogens with zero attached hydrogens (tertiary/aromatic N) is 2. The SMILES string of the molecule is O=C(C1Nc2ccccc2S(=O)(=O)N1)N1CCCCC1c1ccc(F)cn1. The van der Waals surface area contributed by atoms with Gasteiger partial charge in [0.2, 0.25) is 10.0 Å². The van der Waals surface area contributed by atoms with E-state index < -0.39 is 22.0 Å². The van der Waals surface area contributed by atoms with Gasteiger partial charge in [-0.15, -0.1) is 0 Å². The van der Waals surface area contributed by atoms with Gasteiger partial charge in [0.25, 0.3) is 5.91 Å². The number of nitrogens with one attached hydrogen (secondary N) is 2. The molecule has 2 unspecified atom stereocenters. The maximum absolute atomic E-state index is 13.2. The summed E-state index contributed by atoms with van der Waals surface area (Å²) >= 11 is 0. The number of sulfonamides is 1. The summed E-state index contributed by atoms with van der Waals surface area (Å²) in [4.78, 5) is 19.0. The van der Waals surface area contributed by atoms with Crippen LogP contribution >= 0.6 is 0 Å². The fourth-order valence-corrected chi connectivity index (χ4v) is 4.86. The average Bonchev–Trinajstić information content (AvgIpc) is 2.67. The largest absolute Gasteiger partial charge is 0.360 e. The average molecular weight is 390 g/mol. The highest BCUT2D eigenvalue weighted by Crippen LogP contribution is 2.32. The first-order valence-corrected chi connectivity index (χ1v) is 10.2. The van der Waals surface area contributed by atoms with Crippen molar-refractivity contribution in [1.82, 2.24) is 14.6 Å². The highest BCUT2D eigenvalue weighted by Gasteiger charge is 2.38. The molecule has 2 N–H and O–H groups in total. The van der Waals surface area contributed by atoms with Crippen LogP contribution in [0.5, 0.6) is 0 Å². The van der Waals surface area contributed by atoms with Crippen LogP contribution in [0.3, 0.4) is 0 Å². The van der Waals surface area contributed by atoms with Gasteiger partial charge in [0.15, 0.2) is 6.17 Å².